The van der Waals surface area contributed by atoms with Crippen LogP contribution in [0.2, 0.25) is 0 Å². The zero-order valence-corrected chi connectivity index (χ0v) is 9.55. The van der Waals surface area contributed by atoms with Crippen molar-refractivity contribution in [2.24, 2.45) is 5.73 Å². The summed E-state index contributed by atoms with van der Waals surface area (Å²) in [6, 6.07) is 2.79. The van der Waals surface area contributed by atoms with Gasteiger partial charge >= 0.3 is 0 Å². The Labute approximate surface area is 103 Å². The summed E-state index contributed by atoms with van der Waals surface area (Å²) in [6.45, 7) is -1.22. The van der Waals surface area contributed by atoms with E-state index in [-0.39, 0.29) is 24.8 Å². The molecule has 1 aliphatic rings. The van der Waals surface area contributed by atoms with Crippen LogP contribution < -0.4 is 15.2 Å². The number of nitrogens with two attached hydrogens (primary N) is 1. The molecule has 0 spiro atoms. The van der Waals surface area contributed by atoms with Crippen LogP contribution in [0.4, 0.5) is 8.78 Å². The second-order valence-electron chi connectivity index (χ2n) is 3.51. The Balaban J connectivity index is 0.00000144. The molecule has 0 aromatic heterocycles. The highest BCUT2D eigenvalue weighted by molar-refractivity contribution is 5.85. The summed E-state index contributed by atoms with van der Waals surface area (Å²) in [4.78, 5) is 0. The van der Waals surface area contributed by atoms with E-state index in [9.17, 15) is 8.78 Å². The smallest absolute Gasteiger partial charge is 0.289 e. The number of rotatable bonds is 3. The highest BCUT2D eigenvalue weighted by Gasteiger charge is 2.37. The number of benzene rings is 1. The van der Waals surface area contributed by atoms with Gasteiger partial charge in [-0.25, -0.2) is 8.78 Å². The first-order valence-corrected chi connectivity index (χ1v) is 4.68. The minimum Gasteiger partial charge on any atom is -0.454 e. The molecule has 0 radical (unpaired) electrons. The van der Waals surface area contributed by atoms with Gasteiger partial charge in [0.2, 0.25) is 6.79 Å². The predicted molar refractivity (Wildman–Crippen MR) is 58.8 cm³/mol. The number of aliphatic hydroxyl groups excluding tert-OH is 1. The molecule has 96 valence electrons. The van der Waals surface area contributed by atoms with Crippen molar-refractivity contribution < 1.29 is 23.4 Å². The van der Waals surface area contributed by atoms with Crippen molar-refractivity contribution in [3.8, 4) is 11.5 Å². The van der Waals surface area contributed by atoms with E-state index in [4.69, 9.17) is 20.3 Å². The monoisotopic (exact) mass is 267 g/mol. The van der Waals surface area contributed by atoms with E-state index in [1.165, 1.54) is 18.2 Å². The van der Waals surface area contributed by atoms with Crippen LogP contribution in [0.1, 0.15) is 11.6 Å². The van der Waals surface area contributed by atoms with Gasteiger partial charge in [-0.05, 0) is 17.7 Å². The van der Waals surface area contributed by atoms with Gasteiger partial charge in [-0.2, -0.15) is 0 Å². The van der Waals surface area contributed by atoms with E-state index < -0.39 is 18.6 Å². The average molecular weight is 268 g/mol. The quantitative estimate of drug-likeness (QED) is 0.870. The predicted octanol–water partition coefficient (Wildman–Crippen LogP) is 1.46. The van der Waals surface area contributed by atoms with Gasteiger partial charge < -0.3 is 20.3 Å². The highest BCUT2D eigenvalue weighted by atomic mass is 35.5. The Morgan fingerprint density at radius 3 is 2.65 bits per heavy atom. The molecular formula is C10H12ClF2NO3. The molecule has 1 heterocycles. The van der Waals surface area contributed by atoms with Crippen LogP contribution in [0.5, 0.6) is 11.5 Å². The first-order chi connectivity index (χ1) is 7.54. The number of ether oxygens (including phenoxy) is 2. The minimum atomic E-state index is -3.35. The molecule has 1 aromatic rings. The van der Waals surface area contributed by atoms with E-state index in [1.807, 2.05) is 0 Å². The third-order valence-electron chi connectivity index (χ3n) is 2.42. The van der Waals surface area contributed by atoms with Crippen LogP contribution in [0.3, 0.4) is 0 Å². The van der Waals surface area contributed by atoms with Gasteiger partial charge in [0.05, 0.1) is 6.04 Å². The number of aliphatic hydroxyl groups is 1. The Morgan fingerprint density at radius 1 is 1.35 bits per heavy atom. The van der Waals surface area contributed by atoms with Crippen LogP contribution >= 0.6 is 12.4 Å². The number of hydrogen-bond donors (Lipinski definition) is 2. The molecular weight excluding hydrogens is 256 g/mol. The zero-order valence-electron chi connectivity index (χ0n) is 8.73. The van der Waals surface area contributed by atoms with E-state index in [0.717, 1.165) is 0 Å². The third kappa shape index (κ3) is 2.59. The van der Waals surface area contributed by atoms with Crippen LogP contribution in [0.25, 0.3) is 0 Å². The Kier molecular flexibility index (Phi) is 4.13. The highest BCUT2D eigenvalue weighted by Crippen LogP contribution is 2.37. The summed E-state index contributed by atoms with van der Waals surface area (Å²) in [5, 5.41) is 8.53. The van der Waals surface area contributed by atoms with Gasteiger partial charge in [-0.15, -0.1) is 12.4 Å². The van der Waals surface area contributed by atoms with E-state index in [1.54, 1.807) is 0 Å². The molecule has 0 unspecified atom stereocenters. The maximum Gasteiger partial charge on any atom is 0.289 e. The molecule has 1 aliphatic heterocycles. The molecule has 0 aliphatic carbocycles. The second-order valence-corrected chi connectivity index (χ2v) is 3.51. The fourth-order valence-corrected chi connectivity index (χ4v) is 1.45. The van der Waals surface area contributed by atoms with Gasteiger partial charge in [-0.1, -0.05) is 6.07 Å². The minimum absolute atomic E-state index is 0. The number of hydrogen-bond acceptors (Lipinski definition) is 4. The molecule has 2 rings (SSSR count). The molecule has 0 saturated heterocycles. The summed E-state index contributed by atoms with van der Waals surface area (Å²) < 4.78 is 36.4. The molecule has 7 heteroatoms. The van der Waals surface area contributed by atoms with Crippen LogP contribution in [-0.4, -0.2) is 24.4 Å². The molecule has 3 N–H and O–H groups in total. The fraction of sp³-hybridized carbons (Fsp3) is 0.400. The average Bonchev–Trinajstić information content (AvgIpc) is 2.74. The third-order valence-corrected chi connectivity index (χ3v) is 2.42. The van der Waals surface area contributed by atoms with Crippen molar-refractivity contribution in [3.05, 3.63) is 23.8 Å². The van der Waals surface area contributed by atoms with Crippen LogP contribution in [0.15, 0.2) is 18.2 Å². The molecule has 4 nitrogen and oxygen atoms in total. The molecule has 0 saturated carbocycles. The van der Waals surface area contributed by atoms with Crippen molar-refractivity contribution in [2.75, 3.05) is 13.4 Å². The lowest BCUT2D eigenvalue weighted by Crippen LogP contribution is -2.36. The molecule has 1 aromatic carbocycles. The van der Waals surface area contributed by atoms with Crippen LogP contribution in [-0.2, 0) is 0 Å². The zero-order chi connectivity index (χ0) is 11.8. The molecule has 1 atom stereocenters. The number of fused-ring (bicyclic) bond motifs is 1. The molecule has 0 amide bonds. The SMILES string of the molecule is Cl.N[C@@H](c1ccc2c(c1)OCO2)C(F)(F)CO. The molecule has 17 heavy (non-hydrogen) atoms. The summed E-state index contributed by atoms with van der Waals surface area (Å²) in [7, 11) is 0. The maximum absolute atomic E-state index is 13.1. The topological polar surface area (TPSA) is 64.7 Å². The first kappa shape index (κ1) is 14.0. The van der Waals surface area contributed by atoms with Crippen LogP contribution in [0, 0.1) is 0 Å². The Hall–Kier alpha value is -1.11. The van der Waals surface area contributed by atoms with Crippen molar-refractivity contribution in [3.63, 3.8) is 0 Å². The van der Waals surface area contributed by atoms with Crippen molar-refractivity contribution >= 4 is 12.4 Å². The van der Waals surface area contributed by atoms with Gasteiger partial charge in [0.1, 0.15) is 6.61 Å². The van der Waals surface area contributed by atoms with E-state index in [2.05, 4.69) is 0 Å². The summed E-state index contributed by atoms with van der Waals surface area (Å²) in [5.41, 5.74) is 5.57. The number of alkyl halides is 2. The summed E-state index contributed by atoms with van der Waals surface area (Å²) >= 11 is 0. The van der Waals surface area contributed by atoms with Gasteiger partial charge in [-0.3, -0.25) is 0 Å². The van der Waals surface area contributed by atoms with Crippen molar-refractivity contribution in [2.45, 2.75) is 12.0 Å². The second kappa shape index (κ2) is 5.03. The van der Waals surface area contributed by atoms with Crippen molar-refractivity contribution in [1.82, 2.24) is 0 Å². The van der Waals surface area contributed by atoms with Gasteiger partial charge in [0.15, 0.2) is 11.5 Å². The van der Waals surface area contributed by atoms with Crippen molar-refractivity contribution in [1.29, 1.82) is 0 Å². The molecule has 0 fully saturated rings. The van der Waals surface area contributed by atoms with E-state index >= 15 is 0 Å². The first-order valence-electron chi connectivity index (χ1n) is 4.68. The summed E-state index contributed by atoms with van der Waals surface area (Å²) in [5.74, 6) is -2.46. The standard InChI is InChI=1S/C10H11F2NO3.ClH/c11-10(12,4-14)9(13)6-1-2-7-8(3-6)16-5-15-7;/h1-3,9,14H,4-5,13H2;1H/t9-;/m0./s1. The lowest BCUT2D eigenvalue weighted by molar-refractivity contribution is -0.0712. The maximum atomic E-state index is 13.1. The largest absolute Gasteiger partial charge is 0.454 e. The van der Waals surface area contributed by atoms with E-state index in [0.29, 0.717) is 11.5 Å². The Bertz CT molecular complexity index is 403. The fourth-order valence-electron chi connectivity index (χ4n) is 1.45. The lowest BCUT2D eigenvalue weighted by Gasteiger charge is -2.21. The lowest BCUT2D eigenvalue weighted by atomic mass is 10.0. The Morgan fingerprint density at radius 2 is 2.00 bits per heavy atom. The number of halogens is 3. The summed E-state index contributed by atoms with van der Waals surface area (Å²) in [6.07, 6.45) is 0. The normalized spacial score (nSPS) is 15.3. The van der Waals surface area contributed by atoms with Gasteiger partial charge in [0.25, 0.3) is 5.92 Å². The molecule has 0 bridgehead atoms. The van der Waals surface area contributed by atoms with Gasteiger partial charge in [0, 0.05) is 0 Å².